The summed E-state index contributed by atoms with van der Waals surface area (Å²) in [7, 11) is 0. The van der Waals surface area contributed by atoms with Crippen molar-refractivity contribution in [3.63, 3.8) is 0 Å². The molecule has 0 fully saturated rings. The van der Waals surface area contributed by atoms with Gasteiger partial charge in [0, 0.05) is 18.0 Å². The van der Waals surface area contributed by atoms with Crippen LogP contribution in [0.2, 0.25) is 0 Å². The van der Waals surface area contributed by atoms with Crippen molar-refractivity contribution in [2.45, 2.75) is 38.1 Å². The molecular weight excluding hydrogens is 242 g/mol. The maximum Gasteiger partial charge on any atom is 0.0551 e. The Morgan fingerprint density at radius 2 is 2.10 bits per heavy atom. The van der Waals surface area contributed by atoms with Gasteiger partial charge in [0.25, 0.3) is 0 Å². The zero-order valence-electron chi connectivity index (χ0n) is 12.3. The summed E-state index contributed by atoms with van der Waals surface area (Å²) in [6.07, 6.45) is 17.3. The zero-order chi connectivity index (χ0) is 14.6. The average molecular weight is 267 g/mol. The predicted molar refractivity (Wildman–Crippen MR) is 89.1 cm³/mol. The molecule has 1 nitrogen and oxygen atoms in total. The highest BCUT2D eigenvalue weighted by Gasteiger charge is 2.04. The number of allylic oxidation sites excluding steroid dienone is 5. The van der Waals surface area contributed by atoms with Crippen LogP contribution in [0.1, 0.15) is 32.1 Å². The van der Waals surface area contributed by atoms with Crippen LogP contribution in [0.3, 0.4) is 0 Å². The Morgan fingerprint density at radius 1 is 1.25 bits per heavy atom. The third kappa shape index (κ3) is 6.29. The van der Waals surface area contributed by atoms with Gasteiger partial charge >= 0.3 is 0 Å². The molecule has 1 N–H and O–H groups in total. The van der Waals surface area contributed by atoms with Crippen molar-refractivity contribution < 1.29 is 0 Å². The molecule has 0 bridgehead atoms. The van der Waals surface area contributed by atoms with Gasteiger partial charge in [-0.25, -0.2) is 0 Å². The number of nitrogens with one attached hydrogen (secondary N) is 1. The first-order valence-corrected chi connectivity index (χ1v) is 7.27. The Kier molecular flexibility index (Phi) is 7.99. The molecular formula is C19H25N. The molecule has 1 heteroatoms. The summed E-state index contributed by atoms with van der Waals surface area (Å²) >= 11 is 0. The first kappa shape index (κ1) is 16.1. The molecule has 2 unspecified atom stereocenters. The Balaban J connectivity index is 2.46. The second-order valence-corrected chi connectivity index (χ2v) is 4.86. The van der Waals surface area contributed by atoms with Crippen LogP contribution in [0, 0.1) is 17.8 Å². The number of hydrogen-bond acceptors (Lipinski definition) is 1. The van der Waals surface area contributed by atoms with Crippen LogP contribution in [-0.2, 0) is 0 Å². The van der Waals surface area contributed by atoms with Crippen LogP contribution < -0.4 is 5.32 Å². The largest absolute Gasteiger partial charge is 0.378 e. The second-order valence-electron chi connectivity index (χ2n) is 4.86. The van der Waals surface area contributed by atoms with Crippen molar-refractivity contribution in [2.24, 2.45) is 5.92 Å². The SMILES string of the molecule is C=CCCC(C#CCC(C=C)NC1=CCCC=C1)C=C. The molecule has 0 radical (unpaired) electrons. The van der Waals surface area contributed by atoms with E-state index in [1.807, 2.05) is 18.2 Å². The maximum atomic E-state index is 3.88. The van der Waals surface area contributed by atoms with Gasteiger partial charge in [0.2, 0.25) is 0 Å². The standard InChI is InChI=1S/C19H25N/c1-4-7-12-17(5-2)13-11-16-18(6-3)20-19-14-9-8-10-15-19/h4-6,9,14-15,17-18,20H,1-3,7-8,10,12,16H2. The summed E-state index contributed by atoms with van der Waals surface area (Å²) in [6, 6.07) is 0.196. The molecule has 20 heavy (non-hydrogen) atoms. The monoisotopic (exact) mass is 267 g/mol. The third-order valence-electron chi connectivity index (χ3n) is 3.21. The van der Waals surface area contributed by atoms with E-state index in [0.29, 0.717) is 0 Å². The molecule has 0 aliphatic heterocycles. The van der Waals surface area contributed by atoms with Crippen LogP contribution in [0.5, 0.6) is 0 Å². The summed E-state index contributed by atoms with van der Waals surface area (Å²) in [6.45, 7) is 11.4. The van der Waals surface area contributed by atoms with E-state index >= 15 is 0 Å². The van der Waals surface area contributed by atoms with Crippen molar-refractivity contribution in [3.05, 3.63) is 61.9 Å². The third-order valence-corrected chi connectivity index (χ3v) is 3.21. The lowest BCUT2D eigenvalue weighted by Crippen LogP contribution is -2.25. The molecule has 0 saturated heterocycles. The van der Waals surface area contributed by atoms with Gasteiger partial charge in [-0.05, 0) is 31.8 Å². The molecule has 2 atom stereocenters. The van der Waals surface area contributed by atoms with Crippen LogP contribution in [0.25, 0.3) is 0 Å². The smallest absolute Gasteiger partial charge is 0.0551 e. The minimum atomic E-state index is 0.196. The summed E-state index contributed by atoms with van der Waals surface area (Å²) in [5.41, 5.74) is 1.18. The van der Waals surface area contributed by atoms with Gasteiger partial charge in [-0.1, -0.05) is 36.3 Å². The zero-order valence-corrected chi connectivity index (χ0v) is 12.3. The fourth-order valence-electron chi connectivity index (χ4n) is 1.97. The Labute approximate surface area is 123 Å². The van der Waals surface area contributed by atoms with Crippen molar-refractivity contribution in [1.82, 2.24) is 5.32 Å². The van der Waals surface area contributed by atoms with Crippen LogP contribution >= 0.6 is 0 Å². The van der Waals surface area contributed by atoms with Crippen molar-refractivity contribution in [1.29, 1.82) is 0 Å². The molecule has 1 rings (SSSR count). The summed E-state index contributed by atoms with van der Waals surface area (Å²) < 4.78 is 0. The number of hydrogen-bond donors (Lipinski definition) is 1. The lowest BCUT2D eigenvalue weighted by Gasteiger charge is -2.16. The van der Waals surface area contributed by atoms with Crippen molar-refractivity contribution >= 4 is 0 Å². The van der Waals surface area contributed by atoms with Gasteiger partial charge in [-0.2, -0.15) is 0 Å². The predicted octanol–water partition coefficient (Wildman–Crippen LogP) is 4.53. The van der Waals surface area contributed by atoms with E-state index in [0.717, 1.165) is 32.1 Å². The molecule has 0 amide bonds. The van der Waals surface area contributed by atoms with E-state index in [-0.39, 0.29) is 12.0 Å². The highest BCUT2D eigenvalue weighted by atomic mass is 14.9. The van der Waals surface area contributed by atoms with E-state index in [1.165, 1.54) is 5.70 Å². The molecule has 0 aromatic heterocycles. The Morgan fingerprint density at radius 3 is 2.70 bits per heavy atom. The van der Waals surface area contributed by atoms with Gasteiger partial charge in [0.15, 0.2) is 0 Å². The maximum absolute atomic E-state index is 3.88. The highest BCUT2D eigenvalue weighted by molar-refractivity contribution is 5.23. The van der Waals surface area contributed by atoms with Crippen molar-refractivity contribution in [2.75, 3.05) is 0 Å². The lowest BCUT2D eigenvalue weighted by molar-refractivity contribution is 0.689. The molecule has 1 aliphatic carbocycles. The normalized spacial score (nSPS) is 16.1. The topological polar surface area (TPSA) is 12.0 Å². The van der Waals surface area contributed by atoms with Crippen LogP contribution in [-0.4, -0.2) is 6.04 Å². The Bertz CT molecular complexity index is 442. The second kappa shape index (κ2) is 9.92. The molecule has 0 heterocycles. The van der Waals surface area contributed by atoms with Crippen LogP contribution in [0.4, 0.5) is 0 Å². The molecule has 106 valence electrons. The molecule has 1 aliphatic rings. The minimum Gasteiger partial charge on any atom is -0.378 e. The van der Waals surface area contributed by atoms with Gasteiger partial charge in [0.1, 0.15) is 0 Å². The molecule has 0 aromatic rings. The fraction of sp³-hybridized carbons (Fsp3) is 0.368. The molecule has 0 aromatic carbocycles. The van der Waals surface area contributed by atoms with E-state index in [9.17, 15) is 0 Å². The quantitative estimate of drug-likeness (QED) is 0.503. The van der Waals surface area contributed by atoms with Gasteiger partial charge in [-0.3, -0.25) is 0 Å². The Hall–Kier alpha value is -1.94. The first-order valence-electron chi connectivity index (χ1n) is 7.27. The van der Waals surface area contributed by atoms with Gasteiger partial charge in [-0.15, -0.1) is 25.7 Å². The molecule has 0 saturated carbocycles. The van der Waals surface area contributed by atoms with E-state index in [1.54, 1.807) is 0 Å². The summed E-state index contributed by atoms with van der Waals surface area (Å²) in [5, 5.41) is 3.45. The summed E-state index contributed by atoms with van der Waals surface area (Å²) in [5.74, 6) is 6.77. The fourth-order valence-corrected chi connectivity index (χ4v) is 1.97. The lowest BCUT2D eigenvalue weighted by atomic mass is 10.0. The van der Waals surface area contributed by atoms with Crippen molar-refractivity contribution in [3.8, 4) is 11.8 Å². The first-order chi connectivity index (χ1) is 9.80. The van der Waals surface area contributed by atoms with Gasteiger partial charge in [0.05, 0.1) is 6.04 Å². The highest BCUT2D eigenvalue weighted by Crippen LogP contribution is 2.09. The van der Waals surface area contributed by atoms with E-state index in [2.05, 4.69) is 55.1 Å². The van der Waals surface area contributed by atoms with Gasteiger partial charge < -0.3 is 5.32 Å². The van der Waals surface area contributed by atoms with Crippen LogP contribution in [0.15, 0.2) is 61.9 Å². The van der Waals surface area contributed by atoms with E-state index < -0.39 is 0 Å². The summed E-state index contributed by atoms with van der Waals surface area (Å²) in [4.78, 5) is 0. The number of rotatable bonds is 8. The molecule has 0 spiro atoms. The van der Waals surface area contributed by atoms with E-state index in [4.69, 9.17) is 0 Å². The minimum absolute atomic E-state index is 0.196. The average Bonchev–Trinajstić information content (AvgIpc) is 2.50.